The summed E-state index contributed by atoms with van der Waals surface area (Å²) in [5.74, 6) is -3.68. The number of carbonyl (C=O) groups is 2. The monoisotopic (exact) mass is 453 g/mol. The van der Waals surface area contributed by atoms with Crippen LogP contribution in [-0.4, -0.2) is 40.4 Å². The van der Waals surface area contributed by atoms with Gasteiger partial charge in [-0.25, -0.2) is 21.9 Å². The molecule has 3 N–H and O–H groups in total. The predicted molar refractivity (Wildman–Crippen MR) is 107 cm³/mol. The Hall–Kier alpha value is -3.05. The van der Waals surface area contributed by atoms with E-state index in [1.165, 1.54) is 32.4 Å². The van der Waals surface area contributed by atoms with Crippen molar-refractivity contribution in [2.45, 2.75) is 29.8 Å². The van der Waals surface area contributed by atoms with Crippen molar-refractivity contribution in [1.82, 2.24) is 15.4 Å². The van der Waals surface area contributed by atoms with E-state index in [2.05, 4.69) is 15.4 Å². The number of hydrogen-bond acceptors (Lipinski definition) is 5. The van der Waals surface area contributed by atoms with Gasteiger partial charge in [0.1, 0.15) is 16.7 Å². The third-order valence-electron chi connectivity index (χ3n) is 4.68. The minimum Gasteiger partial charge on any atom is -0.495 e. The average Bonchev–Trinajstić information content (AvgIpc) is 3.56. The molecule has 2 aromatic rings. The molecule has 1 aliphatic carbocycles. The van der Waals surface area contributed by atoms with Crippen molar-refractivity contribution in [3.8, 4) is 5.75 Å². The van der Waals surface area contributed by atoms with Crippen LogP contribution in [0.2, 0.25) is 0 Å². The Morgan fingerprint density at radius 1 is 1.10 bits per heavy atom. The van der Waals surface area contributed by atoms with E-state index in [0.29, 0.717) is 0 Å². The molecular weight excluding hydrogens is 432 g/mol. The molecule has 3 rings (SSSR count). The number of nitrogens with one attached hydrogen (secondary N) is 3. The van der Waals surface area contributed by atoms with E-state index in [9.17, 15) is 26.8 Å². The van der Waals surface area contributed by atoms with Gasteiger partial charge in [0.05, 0.1) is 7.11 Å². The molecule has 0 radical (unpaired) electrons. The first-order chi connectivity index (χ1) is 14.7. The normalized spacial score (nSPS) is 14.6. The van der Waals surface area contributed by atoms with Gasteiger partial charge in [0.2, 0.25) is 15.9 Å². The van der Waals surface area contributed by atoms with Crippen LogP contribution in [0.1, 0.15) is 34.8 Å². The lowest BCUT2D eigenvalue weighted by molar-refractivity contribution is -0.122. The molecule has 1 unspecified atom stereocenters. The second-order valence-corrected chi connectivity index (χ2v) is 8.64. The molecule has 31 heavy (non-hydrogen) atoms. The summed E-state index contributed by atoms with van der Waals surface area (Å²) in [5, 5.41) is 4.76. The second kappa shape index (κ2) is 8.98. The van der Waals surface area contributed by atoms with Crippen molar-refractivity contribution in [2.75, 3.05) is 14.2 Å². The van der Waals surface area contributed by atoms with Crippen LogP contribution >= 0.6 is 0 Å². The van der Waals surface area contributed by atoms with Crippen LogP contribution in [0.25, 0.3) is 0 Å². The lowest BCUT2D eigenvalue weighted by atomic mass is 10.0. The van der Waals surface area contributed by atoms with Crippen molar-refractivity contribution in [1.29, 1.82) is 0 Å². The summed E-state index contributed by atoms with van der Waals surface area (Å²) in [7, 11) is -1.31. The first-order valence-electron chi connectivity index (χ1n) is 9.34. The molecule has 2 amide bonds. The van der Waals surface area contributed by atoms with Gasteiger partial charge in [0.15, 0.2) is 11.6 Å². The number of amides is 2. The molecule has 8 nitrogen and oxygen atoms in total. The molecule has 2 aromatic carbocycles. The van der Waals surface area contributed by atoms with E-state index in [4.69, 9.17) is 4.74 Å². The average molecular weight is 453 g/mol. The molecule has 1 atom stereocenters. The molecule has 0 saturated heterocycles. The summed E-state index contributed by atoms with van der Waals surface area (Å²) >= 11 is 0. The highest BCUT2D eigenvalue weighted by molar-refractivity contribution is 7.89. The summed E-state index contributed by atoms with van der Waals surface area (Å²) in [6, 6.07) is 5.11. The van der Waals surface area contributed by atoms with E-state index in [0.717, 1.165) is 31.0 Å². The molecule has 1 aliphatic rings. The molecule has 166 valence electrons. The van der Waals surface area contributed by atoms with Gasteiger partial charge in [-0.1, -0.05) is 6.07 Å². The highest BCUT2D eigenvalue weighted by Crippen LogP contribution is 2.28. The largest absolute Gasteiger partial charge is 0.495 e. The molecular formula is C20H21F2N3O5S. The first-order valence-corrected chi connectivity index (χ1v) is 10.8. The van der Waals surface area contributed by atoms with Gasteiger partial charge in [0, 0.05) is 18.7 Å². The van der Waals surface area contributed by atoms with Crippen LogP contribution in [0.3, 0.4) is 0 Å². The van der Waals surface area contributed by atoms with Crippen LogP contribution < -0.4 is 20.1 Å². The van der Waals surface area contributed by atoms with Gasteiger partial charge in [-0.3, -0.25) is 9.59 Å². The van der Waals surface area contributed by atoms with Gasteiger partial charge in [0.25, 0.3) is 5.91 Å². The standard InChI is InChI=1S/C20H21F2N3O5S/c1-23-20(27)18(11-3-7-14(21)15(22)9-11)24-19(26)12-4-8-16(30-2)17(10-12)31(28,29)25-13-5-6-13/h3-4,7-10,13,18,25H,5-6H2,1-2H3,(H,23,27)(H,24,26). The highest BCUT2D eigenvalue weighted by Gasteiger charge is 2.31. The predicted octanol–water partition coefficient (Wildman–Crippen LogP) is 1.63. The van der Waals surface area contributed by atoms with Crippen LogP contribution in [0.4, 0.5) is 8.78 Å². The number of ether oxygens (including phenoxy) is 1. The Bertz CT molecular complexity index is 1120. The van der Waals surface area contributed by atoms with E-state index in [-0.39, 0.29) is 27.8 Å². The molecule has 0 bridgehead atoms. The van der Waals surface area contributed by atoms with Gasteiger partial charge in [-0.15, -0.1) is 0 Å². The highest BCUT2D eigenvalue weighted by atomic mass is 32.2. The van der Waals surface area contributed by atoms with Crippen molar-refractivity contribution in [3.05, 3.63) is 59.2 Å². The van der Waals surface area contributed by atoms with Crippen molar-refractivity contribution in [2.24, 2.45) is 0 Å². The fraction of sp³-hybridized carbons (Fsp3) is 0.300. The van der Waals surface area contributed by atoms with Crippen LogP contribution in [0, 0.1) is 11.6 Å². The van der Waals surface area contributed by atoms with E-state index >= 15 is 0 Å². The molecule has 1 fully saturated rings. The maximum absolute atomic E-state index is 13.6. The Kier molecular flexibility index (Phi) is 6.56. The Labute approximate surface area is 178 Å². The third kappa shape index (κ3) is 5.17. The second-order valence-electron chi connectivity index (χ2n) is 6.96. The Balaban J connectivity index is 1.92. The number of likely N-dealkylation sites (N-methyl/N-ethyl adjacent to an activating group) is 1. The summed E-state index contributed by atoms with van der Waals surface area (Å²) in [6.07, 6.45) is 1.45. The van der Waals surface area contributed by atoms with Gasteiger partial charge < -0.3 is 15.4 Å². The van der Waals surface area contributed by atoms with Crippen molar-refractivity contribution < 1.29 is 31.5 Å². The van der Waals surface area contributed by atoms with Crippen LogP contribution in [0.5, 0.6) is 5.75 Å². The number of carbonyl (C=O) groups excluding carboxylic acids is 2. The maximum Gasteiger partial charge on any atom is 0.252 e. The quantitative estimate of drug-likeness (QED) is 0.562. The minimum absolute atomic E-state index is 0.0170. The van der Waals surface area contributed by atoms with Gasteiger partial charge in [-0.2, -0.15) is 0 Å². The Morgan fingerprint density at radius 3 is 2.39 bits per heavy atom. The zero-order valence-corrected chi connectivity index (χ0v) is 17.6. The lowest BCUT2D eigenvalue weighted by Gasteiger charge is -2.19. The molecule has 0 aromatic heterocycles. The molecule has 0 aliphatic heterocycles. The van der Waals surface area contributed by atoms with Crippen molar-refractivity contribution >= 4 is 21.8 Å². The van der Waals surface area contributed by atoms with E-state index in [1.807, 2.05) is 0 Å². The first kappa shape index (κ1) is 22.6. The maximum atomic E-state index is 13.6. The van der Waals surface area contributed by atoms with E-state index < -0.39 is 39.5 Å². The molecule has 11 heteroatoms. The molecule has 0 heterocycles. The molecule has 0 spiro atoms. The summed E-state index contributed by atoms with van der Waals surface area (Å²) in [6.45, 7) is 0. The minimum atomic E-state index is -3.93. The number of rotatable bonds is 8. The zero-order chi connectivity index (χ0) is 22.8. The summed E-state index contributed by atoms with van der Waals surface area (Å²) < 4.78 is 59.8. The molecule has 1 saturated carbocycles. The van der Waals surface area contributed by atoms with Crippen LogP contribution in [0.15, 0.2) is 41.3 Å². The summed E-state index contributed by atoms with van der Waals surface area (Å²) in [5.41, 5.74) is -0.0446. The van der Waals surface area contributed by atoms with Crippen LogP contribution in [-0.2, 0) is 14.8 Å². The fourth-order valence-electron chi connectivity index (χ4n) is 2.86. The lowest BCUT2D eigenvalue weighted by Crippen LogP contribution is -2.39. The number of halogens is 2. The number of benzene rings is 2. The van der Waals surface area contributed by atoms with Gasteiger partial charge >= 0.3 is 0 Å². The third-order valence-corrected chi connectivity index (χ3v) is 6.22. The Morgan fingerprint density at radius 2 is 1.81 bits per heavy atom. The smallest absolute Gasteiger partial charge is 0.252 e. The topological polar surface area (TPSA) is 114 Å². The zero-order valence-electron chi connectivity index (χ0n) is 16.7. The SMILES string of the molecule is CNC(=O)C(NC(=O)c1ccc(OC)c(S(=O)(=O)NC2CC2)c1)c1ccc(F)c(F)c1. The van der Waals surface area contributed by atoms with E-state index in [1.54, 1.807) is 0 Å². The fourth-order valence-corrected chi connectivity index (χ4v) is 4.36. The van der Waals surface area contributed by atoms with Gasteiger partial charge in [-0.05, 0) is 48.7 Å². The summed E-state index contributed by atoms with van der Waals surface area (Å²) in [4.78, 5) is 24.8. The number of sulfonamides is 1. The van der Waals surface area contributed by atoms with Crippen molar-refractivity contribution in [3.63, 3.8) is 0 Å². The number of methoxy groups -OCH3 is 1. The number of hydrogen-bond donors (Lipinski definition) is 3.